The number of aryl methyl sites for hydroxylation is 2. The number of nitrogens with one attached hydrogen (secondary N) is 2. The van der Waals surface area contributed by atoms with Gasteiger partial charge in [-0.2, -0.15) is 0 Å². The Balaban J connectivity index is 1.62. The lowest BCUT2D eigenvalue weighted by atomic mass is 10.0. The van der Waals surface area contributed by atoms with Crippen LogP contribution in [0.3, 0.4) is 0 Å². The van der Waals surface area contributed by atoms with Crippen LogP contribution >= 0.6 is 23.4 Å². The zero-order chi connectivity index (χ0) is 19.7. The van der Waals surface area contributed by atoms with Crippen LogP contribution in [0, 0.1) is 6.92 Å². The minimum absolute atomic E-state index is 0.0893. The second kappa shape index (κ2) is 7.85. The molecular weight excluding hydrogens is 394 g/mol. The molecule has 1 aliphatic rings. The lowest BCUT2D eigenvalue weighted by Crippen LogP contribution is -2.41. The zero-order valence-corrected chi connectivity index (χ0v) is 17.1. The third-order valence-corrected chi connectivity index (χ3v) is 6.18. The van der Waals surface area contributed by atoms with Gasteiger partial charge < -0.3 is 10.7 Å². The minimum Gasteiger partial charge on any atom is -0.325 e. The number of carbonyl (C=O) groups is 1. The van der Waals surface area contributed by atoms with Gasteiger partial charge in [0, 0.05) is 10.7 Å². The Morgan fingerprint density at radius 2 is 1.89 bits per heavy atom. The zero-order valence-electron chi connectivity index (χ0n) is 15.5. The molecular formula is C20H20ClN5OS. The van der Waals surface area contributed by atoms with Crippen molar-refractivity contribution in [1.29, 1.82) is 0 Å². The van der Waals surface area contributed by atoms with E-state index in [1.807, 2.05) is 60.1 Å². The second-order valence-corrected chi connectivity index (χ2v) is 8.15. The molecule has 144 valence electrons. The monoisotopic (exact) mass is 413 g/mol. The van der Waals surface area contributed by atoms with Crippen molar-refractivity contribution < 1.29 is 4.79 Å². The first-order valence-corrected chi connectivity index (χ1v) is 10.3. The van der Waals surface area contributed by atoms with E-state index in [0.29, 0.717) is 10.2 Å². The third kappa shape index (κ3) is 3.72. The molecule has 0 aliphatic carbocycles. The van der Waals surface area contributed by atoms with Crippen LogP contribution in [-0.4, -0.2) is 26.0 Å². The molecule has 0 spiro atoms. The van der Waals surface area contributed by atoms with Gasteiger partial charge >= 0.3 is 0 Å². The Morgan fingerprint density at radius 3 is 2.57 bits per heavy atom. The van der Waals surface area contributed by atoms with Crippen molar-refractivity contribution in [2.45, 2.75) is 36.7 Å². The lowest BCUT2D eigenvalue weighted by molar-refractivity contribution is -0.116. The summed E-state index contributed by atoms with van der Waals surface area (Å²) in [7, 11) is 0. The van der Waals surface area contributed by atoms with E-state index < -0.39 is 5.25 Å². The number of carbonyl (C=O) groups excluding carboxylic acids is 1. The van der Waals surface area contributed by atoms with Crippen molar-refractivity contribution in [3.8, 4) is 0 Å². The van der Waals surface area contributed by atoms with E-state index in [2.05, 4.69) is 27.9 Å². The van der Waals surface area contributed by atoms with Gasteiger partial charge in [-0.25, -0.2) is 4.68 Å². The molecule has 0 bridgehead atoms. The maximum Gasteiger partial charge on any atom is 0.240 e. The fraction of sp³-hybridized carbons (Fsp3) is 0.250. The molecule has 2 aromatic carbocycles. The number of hydrogen-bond acceptors (Lipinski definition) is 5. The molecule has 4 rings (SSSR count). The van der Waals surface area contributed by atoms with Crippen molar-refractivity contribution in [2.24, 2.45) is 0 Å². The summed E-state index contributed by atoms with van der Waals surface area (Å²) >= 11 is 7.44. The molecule has 2 heterocycles. The predicted molar refractivity (Wildman–Crippen MR) is 112 cm³/mol. The molecule has 1 aromatic heterocycles. The van der Waals surface area contributed by atoms with Crippen LogP contribution in [0.2, 0.25) is 5.02 Å². The first-order valence-electron chi connectivity index (χ1n) is 9.05. The van der Waals surface area contributed by atoms with Crippen molar-refractivity contribution in [2.75, 3.05) is 10.7 Å². The second-order valence-electron chi connectivity index (χ2n) is 6.60. The average molecular weight is 414 g/mol. The number of fused-ring (bicyclic) bond motifs is 1. The quantitative estimate of drug-likeness (QED) is 0.670. The molecule has 1 amide bonds. The Labute approximate surface area is 172 Å². The number of rotatable bonds is 4. The van der Waals surface area contributed by atoms with Gasteiger partial charge in [-0.3, -0.25) is 4.79 Å². The first-order chi connectivity index (χ1) is 13.5. The van der Waals surface area contributed by atoms with Crippen molar-refractivity contribution >= 4 is 35.0 Å². The Bertz CT molecular complexity index is 987. The van der Waals surface area contributed by atoms with Crippen LogP contribution in [0.5, 0.6) is 0 Å². The molecule has 2 atom stereocenters. The number of amides is 1. The maximum atomic E-state index is 13.1. The van der Waals surface area contributed by atoms with Crippen LogP contribution in [0.25, 0.3) is 0 Å². The Kier molecular flexibility index (Phi) is 5.28. The first kappa shape index (κ1) is 18.8. The summed E-state index contributed by atoms with van der Waals surface area (Å²) in [4.78, 5) is 13.1. The summed E-state index contributed by atoms with van der Waals surface area (Å²) in [5.41, 5.74) is 6.36. The molecule has 0 unspecified atom stereocenters. The molecule has 28 heavy (non-hydrogen) atoms. The summed E-state index contributed by atoms with van der Waals surface area (Å²) < 4.78 is 1.82. The molecule has 0 fully saturated rings. The van der Waals surface area contributed by atoms with Gasteiger partial charge in [0.15, 0.2) is 0 Å². The lowest BCUT2D eigenvalue weighted by Gasteiger charge is -2.32. The fourth-order valence-corrected chi connectivity index (χ4v) is 4.37. The van der Waals surface area contributed by atoms with Crippen LogP contribution in [0.15, 0.2) is 53.7 Å². The van der Waals surface area contributed by atoms with Crippen molar-refractivity contribution in [3.05, 3.63) is 70.5 Å². The summed E-state index contributed by atoms with van der Waals surface area (Å²) in [6.45, 7) is 3.98. The van der Waals surface area contributed by atoms with Gasteiger partial charge in [-0.15, -0.1) is 10.2 Å². The van der Waals surface area contributed by atoms with Crippen LogP contribution in [0.4, 0.5) is 5.69 Å². The molecule has 1 aliphatic heterocycles. The normalized spacial score (nSPS) is 18.2. The minimum atomic E-state index is -0.414. The standard InChI is InChI=1S/C20H20ClN5OS/c1-3-13-4-10-16(11-5-13)22-19(27)18-17(14-6-8-15(21)9-7-14)25-26-12(2)23-24-20(26)28-18/h4-11,17-18,25H,3H2,1-2H3,(H,22,27)/t17-,18-/m1/s1. The number of halogens is 1. The molecule has 0 saturated heterocycles. The maximum absolute atomic E-state index is 13.1. The Hall–Kier alpha value is -2.51. The van der Waals surface area contributed by atoms with E-state index in [9.17, 15) is 4.79 Å². The molecule has 3 aromatic rings. The van der Waals surface area contributed by atoms with Gasteiger partial charge in [-0.05, 0) is 48.7 Å². The molecule has 2 N–H and O–H groups in total. The van der Waals surface area contributed by atoms with Crippen LogP contribution in [0.1, 0.15) is 29.9 Å². The van der Waals surface area contributed by atoms with Crippen LogP contribution < -0.4 is 10.7 Å². The highest BCUT2D eigenvalue weighted by Gasteiger charge is 2.37. The van der Waals surface area contributed by atoms with E-state index in [0.717, 1.165) is 23.5 Å². The number of thioether (sulfide) groups is 1. The summed E-state index contributed by atoms with van der Waals surface area (Å²) in [5.74, 6) is 0.657. The smallest absolute Gasteiger partial charge is 0.240 e. The summed E-state index contributed by atoms with van der Waals surface area (Å²) in [6.07, 6.45) is 0.963. The molecule has 6 nitrogen and oxygen atoms in total. The largest absolute Gasteiger partial charge is 0.325 e. The average Bonchev–Trinajstić information content (AvgIpc) is 3.08. The topological polar surface area (TPSA) is 71.8 Å². The van der Waals surface area contributed by atoms with E-state index in [1.165, 1.54) is 17.3 Å². The van der Waals surface area contributed by atoms with E-state index in [1.54, 1.807) is 0 Å². The number of anilines is 1. The third-order valence-electron chi connectivity index (χ3n) is 4.72. The molecule has 8 heteroatoms. The van der Waals surface area contributed by atoms with Crippen molar-refractivity contribution in [1.82, 2.24) is 14.9 Å². The van der Waals surface area contributed by atoms with E-state index >= 15 is 0 Å². The number of benzene rings is 2. The highest BCUT2D eigenvalue weighted by atomic mass is 35.5. The van der Waals surface area contributed by atoms with E-state index in [-0.39, 0.29) is 11.9 Å². The van der Waals surface area contributed by atoms with Gasteiger partial charge in [0.25, 0.3) is 0 Å². The summed E-state index contributed by atoms with van der Waals surface area (Å²) in [6, 6.07) is 15.2. The van der Waals surface area contributed by atoms with Crippen molar-refractivity contribution in [3.63, 3.8) is 0 Å². The number of hydrogen-bond donors (Lipinski definition) is 2. The SMILES string of the molecule is CCc1ccc(NC(=O)[C@@H]2Sc3nnc(C)n3N[C@@H]2c2ccc(Cl)cc2)cc1. The number of nitrogens with zero attached hydrogens (tertiary/aromatic N) is 3. The van der Waals surface area contributed by atoms with Gasteiger partial charge in [-0.1, -0.05) is 54.6 Å². The van der Waals surface area contributed by atoms with Crippen LogP contribution in [-0.2, 0) is 11.2 Å². The molecule has 0 radical (unpaired) electrons. The molecule has 0 saturated carbocycles. The predicted octanol–water partition coefficient (Wildman–Crippen LogP) is 4.20. The van der Waals surface area contributed by atoms with Gasteiger partial charge in [0.05, 0.1) is 6.04 Å². The van der Waals surface area contributed by atoms with Gasteiger partial charge in [0.1, 0.15) is 11.1 Å². The highest BCUT2D eigenvalue weighted by Crippen LogP contribution is 2.37. The highest BCUT2D eigenvalue weighted by molar-refractivity contribution is 8.00. The Morgan fingerprint density at radius 1 is 1.18 bits per heavy atom. The number of aromatic nitrogens is 3. The fourth-order valence-electron chi connectivity index (χ4n) is 3.12. The van der Waals surface area contributed by atoms with E-state index in [4.69, 9.17) is 11.6 Å². The summed E-state index contributed by atoms with van der Waals surface area (Å²) in [5, 5.41) is 12.2. The van der Waals surface area contributed by atoms with Gasteiger partial charge in [0.2, 0.25) is 11.1 Å².